The van der Waals surface area contributed by atoms with Crippen molar-refractivity contribution in [2.75, 3.05) is 19.7 Å². The lowest BCUT2D eigenvalue weighted by atomic mass is 10.0. The maximum atomic E-state index is 14.1. The van der Waals surface area contributed by atoms with Crippen molar-refractivity contribution in [2.45, 2.75) is 71.2 Å². The highest BCUT2D eigenvalue weighted by Gasteiger charge is 2.31. The van der Waals surface area contributed by atoms with Gasteiger partial charge in [-0.3, -0.25) is 4.79 Å². The zero-order chi connectivity index (χ0) is 29.2. The third-order valence-corrected chi connectivity index (χ3v) is 8.29. The number of nitrogens with one attached hydrogen (secondary N) is 1. The number of carbonyl (C=O) groups is 2. The van der Waals surface area contributed by atoms with E-state index in [1.165, 1.54) is 18.9 Å². The molecule has 3 aliphatic rings. The summed E-state index contributed by atoms with van der Waals surface area (Å²) in [6, 6.07) is 10.4. The van der Waals surface area contributed by atoms with Gasteiger partial charge in [-0.25, -0.2) is 14.2 Å². The second kappa shape index (κ2) is 10.0. The van der Waals surface area contributed by atoms with Crippen LogP contribution in [0.2, 0.25) is 0 Å². The lowest BCUT2D eigenvalue weighted by molar-refractivity contribution is 0.0452. The molecule has 4 heterocycles. The van der Waals surface area contributed by atoms with Crippen LogP contribution in [-0.4, -0.2) is 62.4 Å². The zero-order valence-corrected chi connectivity index (χ0v) is 24.3. The van der Waals surface area contributed by atoms with Crippen molar-refractivity contribution in [1.29, 1.82) is 0 Å². The number of piperidine rings is 1. The molecule has 1 saturated carbocycles. The van der Waals surface area contributed by atoms with Crippen LogP contribution in [0.15, 0.2) is 36.4 Å². The maximum absolute atomic E-state index is 14.1. The highest BCUT2D eigenvalue weighted by Crippen LogP contribution is 2.39. The molecule has 1 unspecified atom stereocenters. The van der Waals surface area contributed by atoms with Gasteiger partial charge in [0.05, 0.1) is 17.8 Å². The fourth-order valence-electron chi connectivity index (χ4n) is 6.24. The SMILES string of the molecule is CC(C)(C)OC(=O)NC1CCCN(C(=O)c2cc3c4c(c2)nc(-c2cc5cc(F)ccc5n2CC2CC2)n4CCO3)C1. The molecule has 0 radical (unpaired) electrons. The maximum Gasteiger partial charge on any atom is 0.407 e. The molecule has 220 valence electrons. The number of imidazole rings is 1. The summed E-state index contributed by atoms with van der Waals surface area (Å²) >= 11 is 0. The average Bonchev–Trinajstić information content (AvgIpc) is 3.59. The first kappa shape index (κ1) is 26.8. The number of halogens is 1. The Labute approximate surface area is 243 Å². The fraction of sp³-hybridized carbons (Fsp3) is 0.469. The van der Waals surface area contributed by atoms with Crippen molar-refractivity contribution in [3.63, 3.8) is 0 Å². The molecule has 1 saturated heterocycles. The first-order chi connectivity index (χ1) is 20.1. The summed E-state index contributed by atoms with van der Waals surface area (Å²) in [5.74, 6) is 1.68. The zero-order valence-electron chi connectivity index (χ0n) is 24.3. The van der Waals surface area contributed by atoms with Crippen molar-refractivity contribution in [3.05, 3.63) is 47.8 Å². The summed E-state index contributed by atoms with van der Waals surface area (Å²) < 4.78 is 30.1. The van der Waals surface area contributed by atoms with Crippen molar-refractivity contribution in [3.8, 4) is 17.3 Å². The molecule has 0 spiro atoms. The van der Waals surface area contributed by atoms with Gasteiger partial charge in [0, 0.05) is 42.1 Å². The van der Waals surface area contributed by atoms with Gasteiger partial charge in [-0.05, 0) is 88.8 Å². The molecule has 1 aliphatic carbocycles. The minimum atomic E-state index is -0.588. The summed E-state index contributed by atoms with van der Waals surface area (Å²) in [6.07, 6.45) is 3.49. The summed E-state index contributed by atoms with van der Waals surface area (Å²) in [7, 11) is 0. The summed E-state index contributed by atoms with van der Waals surface area (Å²) in [5, 5.41) is 3.77. The first-order valence-corrected chi connectivity index (χ1v) is 14.9. The molecular weight excluding hydrogens is 537 g/mol. The van der Waals surface area contributed by atoms with Crippen LogP contribution in [0.4, 0.5) is 9.18 Å². The van der Waals surface area contributed by atoms with Crippen LogP contribution < -0.4 is 10.1 Å². The summed E-state index contributed by atoms with van der Waals surface area (Å²) in [5.41, 5.74) is 3.43. The lowest BCUT2D eigenvalue weighted by Gasteiger charge is -2.33. The number of alkyl carbamates (subject to hydrolysis) is 1. The highest BCUT2D eigenvalue weighted by molar-refractivity contribution is 6.00. The molecule has 2 amide bonds. The van der Waals surface area contributed by atoms with Crippen molar-refractivity contribution >= 4 is 33.9 Å². The van der Waals surface area contributed by atoms with E-state index in [9.17, 15) is 14.0 Å². The van der Waals surface area contributed by atoms with Gasteiger partial charge in [0.1, 0.15) is 29.3 Å². The van der Waals surface area contributed by atoms with Crippen molar-refractivity contribution < 1.29 is 23.5 Å². The number of rotatable bonds is 5. The standard InChI is InChI=1S/C32H36FN5O4/c1-32(2,3)42-31(40)34-23-5-4-10-36(18-23)30(39)21-14-24-28-27(16-21)41-12-11-37(28)29(35-24)26-15-20-13-22(33)8-9-25(20)38(26)17-19-6-7-19/h8-9,13-16,19,23H,4-7,10-12,17-18H2,1-3H3,(H,34,40). The van der Waals surface area contributed by atoms with Crippen LogP contribution in [0.3, 0.4) is 0 Å². The van der Waals surface area contributed by atoms with E-state index in [4.69, 9.17) is 14.5 Å². The smallest absolute Gasteiger partial charge is 0.407 e. The normalized spacial score (nSPS) is 18.8. The van der Waals surface area contributed by atoms with E-state index in [2.05, 4.69) is 14.5 Å². The Bertz CT molecular complexity index is 1710. The topological polar surface area (TPSA) is 90.6 Å². The molecule has 2 aromatic carbocycles. The van der Waals surface area contributed by atoms with Crippen molar-refractivity contribution in [1.82, 2.24) is 24.3 Å². The predicted molar refractivity (Wildman–Crippen MR) is 157 cm³/mol. The molecule has 10 heteroatoms. The number of benzene rings is 2. The Morgan fingerprint density at radius 2 is 1.95 bits per heavy atom. The number of likely N-dealkylation sites (tertiary alicyclic amines) is 1. The van der Waals surface area contributed by atoms with Crippen LogP contribution in [-0.2, 0) is 17.8 Å². The minimum Gasteiger partial charge on any atom is -0.489 e. The largest absolute Gasteiger partial charge is 0.489 e. The number of ether oxygens (including phenoxy) is 2. The molecular formula is C32H36FN5O4. The lowest BCUT2D eigenvalue weighted by Crippen LogP contribution is -2.50. The van der Waals surface area contributed by atoms with Crippen molar-refractivity contribution in [2.24, 2.45) is 5.92 Å². The summed E-state index contributed by atoms with van der Waals surface area (Å²) in [6.45, 7) is 8.46. The first-order valence-electron chi connectivity index (χ1n) is 14.9. The van der Waals surface area contributed by atoms with Gasteiger partial charge in [-0.2, -0.15) is 0 Å². The van der Waals surface area contributed by atoms with Gasteiger partial charge >= 0.3 is 6.09 Å². The third-order valence-electron chi connectivity index (χ3n) is 8.29. The van der Waals surface area contributed by atoms with Gasteiger partial charge in [-0.1, -0.05) is 0 Å². The Morgan fingerprint density at radius 1 is 1.12 bits per heavy atom. The number of aromatic nitrogens is 3. The Hall–Kier alpha value is -4.08. The molecule has 9 nitrogen and oxygen atoms in total. The van der Waals surface area contributed by atoms with Gasteiger partial charge in [-0.15, -0.1) is 0 Å². The van der Waals surface area contributed by atoms with E-state index < -0.39 is 11.7 Å². The molecule has 2 aliphatic heterocycles. The second-order valence-corrected chi connectivity index (χ2v) is 12.8. The molecule has 0 bridgehead atoms. The van der Waals surface area contributed by atoms with E-state index >= 15 is 0 Å². The Morgan fingerprint density at radius 3 is 2.74 bits per heavy atom. The molecule has 2 fully saturated rings. The van der Waals surface area contributed by atoms with Crippen LogP contribution in [0.25, 0.3) is 33.5 Å². The van der Waals surface area contributed by atoms with Gasteiger partial charge < -0.3 is 28.8 Å². The number of hydrogen-bond donors (Lipinski definition) is 1. The molecule has 7 rings (SSSR count). The molecule has 42 heavy (non-hydrogen) atoms. The van der Waals surface area contributed by atoms with Crippen LogP contribution in [0.1, 0.15) is 56.8 Å². The number of fused-ring (bicyclic) bond motifs is 1. The number of amides is 2. The van der Waals surface area contributed by atoms with Gasteiger partial charge in [0.15, 0.2) is 5.82 Å². The second-order valence-electron chi connectivity index (χ2n) is 12.8. The van der Waals surface area contributed by atoms with E-state index in [0.717, 1.165) is 47.3 Å². The van der Waals surface area contributed by atoms with E-state index in [0.29, 0.717) is 49.0 Å². The van der Waals surface area contributed by atoms with Gasteiger partial charge in [0.2, 0.25) is 0 Å². The molecule has 2 aromatic heterocycles. The average molecular weight is 574 g/mol. The Balaban J connectivity index is 1.21. The summed E-state index contributed by atoms with van der Waals surface area (Å²) in [4.78, 5) is 32.9. The number of carbonyl (C=O) groups excluding carboxylic acids is 2. The number of hydrogen-bond acceptors (Lipinski definition) is 5. The van der Waals surface area contributed by atoms with Gasteiger partial charge in [0.25, 0.3) is 5.91 Å². The predicted octanol–water partition coefficient (Wildman–Crippen LogP) is 5.73. The monoisotopic (exact) mass is 573 g/mol. The van der Waals surface area contributed by atoms with E-state index in [-0.39, 0.29) is 17.8 Å². The van der Waals surface area contributed by atoms with E-state index in [1.807, 2.05) is 45.0 Å². The van der Waals surface area contributed by atoms with Crippen LogP contribution >= 0.6 is 0 Å². The molecule has 4 aromatic rings. The van der Waals surface area contributed by atoms with Crippen LogP contribution in [0.5, 0.6) is 5.75 Å². The fourth-order valence-corrected chi connectivity index (χ4v) is 6.24. The van der Waals surface area contributed by atoms with E-state index in [1.54, 1.807) is 11.0 Å². The van der Waals surface area contributed by atoms with Crippen LogP contribution in [0, 0.1) is 11.7 Å². The third kappa shape index (κ3) is 5.07. The number of nitrogens with zero attached hydrogens (tertiary/aromatic N) is 4. The molecule has 1 atom stereocenters. The highest BCUT2D eigenvalue weighted by atomic mass is 19.1. The Kier molecular flexibility index (Phi) is 6.40. The minimum absolute atomic E-state index is 0.118. The molecule has 1 N–H and O–H groups in total. The quantitative estimate of drug-likeness (QED) is 0.329.